The Hall–Kier alpha value is -3.62. The molecule has 0 saturated heterocycles. The summed E-state index contributed by atoms with van der Waals surface area (Å²) in [6.07, 6.45) is 1.71. The second-order valence-corrected chi connectivity index (χ2v) is 9.51. The Bertz CT molecular complexity index is 1620. The molecule has 34 heavy (non-hydrogen) atoms. The maximum atomic E-state index is 13.3. The highest BCUT2D eigenvalue weighted by molar-refractivity contribution is 7.99. The summed E-state index contributed by atoms with van der Waals surface area (Å²) in [6, 6.07) is 20.6. The first kappa shape index (κ1) is 20.9. The second kappa shape index (κ2) is 8.30. The van der Waals surface area contributed by atoms with Gasteiger partial charge in [0.25, 0.3) is 5.56 Å². The van der Waals surface area contributed by atoms with Crippen LogP contribution in [-0.2, 0) is 4.79 Å². The summed E-state index contributed by atoms with van der Waals surface area (Å²) in [5.41, 5.74) is 1.84. The van der Waals surface area contributed by atoms with Gasteiger partial charge in [0.15, 0.2) is 10.8 Å². The fraction of sp³-hybridized carbons (Fsp3) is 0.120. The molecule has 3 heterocycles. The molecule has 0 fully saturated rings. The molecule has 6 rings (SSSR count). The number of hydrogen-bond donors (Lipinski definition) is 1. The number of carbonyl (C=O) groups is 1. The van der Waals surface area contributed by atoms with Crippen molar-refractivity contribution in [3.63, 3.8) is 0 Å². The van der Waals surface area contributed by atoms with Crippen LogP contribution >= 0.6 is 23.4 Å². The standard InChI is InChI=1S/C25H18ClN5O2S/c26-16-8-10-17(11-9-16)31-23-20(13-27-31)24(33)30-18(14-34-25(30)29-23)12-22(32)28-21-7-3-5-15-4-1-2-6-19(15)21/h1-11,13,18H,12,14H2,(H,28,32). The molecule has 5 aromatic rings. The molecule has 3 aromatic carbocycles. The fourth-order valence-corrected chi connectivity index (χ4v) is 5.56. The van der Waals surface area contributed by atoms with Crippen LogP contribution in [0.4, 0.5) is 5.69 Å². The first-order valence-electron chi connectivity index (χ1n) is 10.7. The van der Waals surface area contributed by atoms with Gasteiger partial charge in [-0.25, -0.2) is 9.67 Å². The molecule has 1 amide bonds. The van der Waals surface area contributed by atoms with Gasteiger partial charge >= 0.3 is 0 Å². The van der Waals surface area contributed by atoms with Gasteiger partial charge < -0.3 is 5.32 Å². The molecule has 168 valence electrons. The second-order valence-electron chi connectivity index (χ2n) is 8.08. The van der Waals surface area contributed by atoms with Gasteiger partial charge in [-0.05, 0) is 35.7 Å². The number of fused-ring (bicyclic) bond motifs is 3. The van der Waals surface area contributed by atoms with Crippen molar-refractivity contribution in [2.24, 2.45) is 0 Å². The van der Waals surface area contributed by atoms with Crippen LogP contribution in [0.5, 0.6) is 0 Å². The van der Waals surface area contributed by atoms with Crippen LogP contribution in [-0.4, -0.2) is 31.0 Å². The average molecular weight is 488 g/mol. The summed E-state index contributed by atoms with van der Waals surface area (Å²) in [7, 11) is 0. The van der Waals surface area contributed by atoms with Crippen LogP contribution in [0, 0.1) is 0 Å². The molecule has 0 spiro atoms. The van der Waals surface area contributed by atoms with Crippen molar-refractivity contribution >= 4 is 56.8 Å². The monoisotopic (exact) mass is 487 g/mol. The van der Waals surface area contributed by atoms with Gasteiger partial charge in [-0.1, -0.05) is 59.8 Å². The number of aromatic nitrogens is 4. The van der Waals surface area contributed by atoms with Crippen molar-refractivity contribution in [2.45, 2.75) is 17.6 Å². The molecule has 1 N–H and O–H groups in total. The zero-order valence-corrected chi connectivity index (χ0v) is 19.4. The number of halogens is 1. The molecule has 1 aliphatic heterocycles. The Kier molecular flexibility index (Phi) is 5.12. The summed E-state index contributed by atoms with van der Waals surface area (Å²) in [5, 5.41) is 11.1. The zero-order valence-electron chi connectivity index (χ0n) is 17.8. The van der Waals surface area contributed by atoms with Crippen LogP contribution in [0.2, 0.25) is 5.02 Å². The Labute approximate surface area is 203 Å². The number of thioether (sulfide) groups is 1. The molecule has 1 aliphatic rings. The average Bonchev–Trinajstić information content (AvgIpc) is 3.45. The highest BCUT2D eigenvalue weighted by atomic mass is 35.5. The first-order chi connectivity index (χ1) is 16.6. The third-order valence-electron chi connectivity index (χ3n) is 5.93. The van der Waals surface area contributed by atoms with Gasteiger partial charge in [-0.2, -0.15) is 5.10 Å². The fourth-order valence-electron chi connectivity index (χ4n) is 4.30. The minimum Gasteiger partial charge on any atom is -0.325 e. The van der Waals surface area contributed by atoms with E-state index in [4.69, 9.17) is 16.6 Å². The number of benzene rings is 3. The maximum Gasteiger partial charge on any atom is 0.265 e. The van der Waals surface area contributed by atoms with E-state index in [1.807, 2.05) is 54.6 Å². The van der Waals surface area contributed by atoms with E-state index in [1.165, 1.54) is 18.0 Å². The summed E-state index contributed by atoms with van der Waals surface area (Å²) in [6.45, 7) is 0. The van der Waals surface area contributed by atoms with Crippen molar-refractivity contribution < 1.29 is 4.79 Å². The van der Waals surface area contributed by atoms with Crippen molar-refractivity contribution in [3.8, 4) is 5.69 Å². The summed E-state index contributed by atoms with van der Waals surface area (Å²) < 4.78 is 3.26. The number of nitrogens with one attached hydrogen (secondary N) is 1. The van der Waals surface area contributed by atoms with Gasteiger partial charge in [-0.15, -0.1) is 0 Å². The molecule has 9 heteroatoms. The predicted molar refractivity (Wildman–Crippen MR) is 135 cm³/mol. The van der Waals surface area contributed by atoms with Crippen LogP contribution < -0.4 is 10.9 Å². The van der Waals surface area contributed by atoms with Gasteiger partial charge in [-0.3, -0.25) is 14.2 Å². The quantitative estimate of drug-likeness (QED) is 0.358. The zero-order chi connectivity index (χ0) is 23.2. The Morgan fingerprint density at radius 2 is 1.85 bits per heavy atom. The number of nitrogens with zero attached hydrogens (tertiary/aromatic N) is 4. The molecule has 0 bridgehead atoms. The smallest absolute Gasteiger partial charge is 0.265 e. The van der Waals surface area contributed by atoms with Crippen molar-refractivity contribution in [1.29, 1.82) is 0 Å². The summed E-state index contributed by atoms with van der Waals surface area (Å²) in [5.74, 6) is 0.463. The van der Waals surface area contributed by atoms with Gasteiger partial charge in [0.05, 0.1) is 17.9 Å². The van der Waals surface area contributed by atoms with E-state index in [0.29, 0.717) is 27.0 Å². The van der Waals surface area contributed by atoms with E-state index in [0.717, 1.165) is 22.1 Å². The predicted octanol–water partition coefficient (Wildman–Crippen LogP) is 5.06. The maximum absolute atomic E-state index is 13.3. The normalized spacial score (nSPS) is 15.0. The lowest BCUT2D eigenvalue weighted by molar-refractivity contribution is -0.116. The van der Waals surface area contributed by atoms with Crippen LogP contribution in [0.3, 0.4) is 0 Å². The number of carbonyl (C=O) groups excluding carboxylic acids is 1. The van der Waals surface area contributed by atoms with Crippen LogP contribution in [0.15, 0.2) is 82.9 Å². The third-order valence-corrected chi connectivity index (χ3v) is 7.28. The van der Waals surface area contributed by atoms with Crippen molar-refractivity contribution in [3.05, 3.63) is 88.3 Å². The minimum absolute atomic E-state index is 0.140. The molecular weight excluding hydrogens is 470 g/mol. The molecule has 1 atom stereocenters. The molecule has 2 aromatic heterocycles. The van der Waals surface area contributed by atoms with E-state index in [2.05, 4.69) is 10.4 Å². The van der Waals surface area contributed by atoms with Gasteiger partial charge in [0.1, 0.15) is 5.39 Å². The number of anilines is 1. The van der Waals surface area contributed by atoms with E-state index >= 15 is 0 Å². The highest BCUT2D eigenvalue weighted by Gasteiger charge is 2.29. The summed E-state index contributed by atoms with van der Waals surface area (Å²) in [4.78, 5) is 31.0. The lowest BCUT2D eigenvalue weighted by Crippen LogP contribution is -2.27. The van der Waals surface area contributed by atoms with Crippen LogP contribution in [0.25, 0.3) is 27.5 Å². The molecule has 1 unspecified atom stereocenters. The number of hydrogen-bond acceptors (Lipinski definition) is 5. The SMILES string of the molecule is O=C(CC1CSc2nc3c(cnn3-c3ccc(Cl)cc3)c(=O)n21)Nc1cccc2ccccc12. The molecule has 0 radical (unpaired) electrons. The Morgan fingerprint density at radius 1 is 1.06 bits per heavy atom. The summed E-state index contributed by atoms with van der Waals surface area (Å²) >= 11 is 7.47. The molecule has 7 nitrogen and oxygen atoms in total. The molecule has 0 saturated carbocycles. The van der Waals surface area contributed by atoms with Crippen molar-refractivity contribution in [2.75, 3.05) is 11.1 Å². The number of rotatable bonds is 4. The van der Waals surface area contributed by atoms with E-state index in [1.54, 1.807) is 21.4 Å². The van der Waals surface area contributed by atoms with Gasteiger partial charge in [0.2, 0.25) is 5.91 Å². The highest BCUT2D eigenvalue weighted by Crippen LogP contribution is 2.34. The van der Waals surface area contributed by atoms with E-state index < -0.39 is 0 Å². The molecular formula is C25H18ClN5O2S. The van der Waals surface area contributed by atoms with Crippen LogP contribution in [0.1, 0.15) is 12.5 Å². The third kappa shape index (κ3) is 3.55. The Morgan fingerprint density at radius 3 is 2.71 bits per heavy atom. The first-order valence-corrected chi connectivity index (χ1v) is 12.1. The Balaban J connectivity index is 1.30. The lowest BCUT2D eigenvalue weighted by atomic mass is 10.1. The minimum atomic E-state index is -0.279. The topological polar surface area (TPSA) is 81.8 Å². The van der Waals surface area contributed by atoms with Gasteiger partial charge in [0, 0.05) is 28.3 Å². The molecule has 0 aliphatic carbocycles. The lowest BCUT2D eigenvalue weighted by Gasteiger charge is -2.14. The number of amides is 1. The van der Waals surface area contributed by atoms with Crippen molar-refractivity contribution in [1.82, 2.24) is 19.3 Å². The van der Waals surface area contributed by atoms with E-state index in [-0.39, 0.29) is 23.9 Å². The largest absolute Gasteiger partial charge is 0.325 e. The van der Waals surface area contributed by atoms with E-state index in [9.17, 15) is 9.59 Å².